The van der Waals surface area contributed by atoms with Crippen LogP contribution in [0.5, 0.6) is 0 Å². The van der Waals surface area contributed by atoms with Crippen molar-refractivity contribution in [2.45, 2.75) is 25.6 Å². The van der Waals surface area contributed by atoms with Crippen molar-refractivity contribution < 1.29 is 18.0 Å². The Morgan fingerprint density at radius 3 is 2.71 bits per heavy atom. The van der Waals surface area contributed by atoms with Gasteiger partial charge in [-0.2, -0.15) is 13.2 Å². The Kier molecular flexibility index (Phi) is 5.79. The van der Waals surface area contributed by atoms with E-state index in [-0.39, 0.29) is 17.5 Å². The first-order chi connectivity index (χ1) is 13.1. The normalized spacial score (nSPS) is 20.6. The number of nitrogens with zero attached hydrogens (tertiary/aromatic N) is 3. The quantitative estimate of drug-likeness (QED) is 0.866. The molecule has 2 aromatic rings. The molecule has 0 aliphatic carbocycles. The number of likely N-dealkylation sites (N-methyl/N-ethyl adjacent to an activating group) is 1. The first-order valence-corrected chi connectivity index (χ1v) is 9.29. The van der Waals surface area contributed by atoms with Gasteiger partial charge in [0.25, 0.3) is 0 Å². The predicted molar refractivity (Wildman–Crippen MR) is 103 cm³/mol. The minimum atomic E-state index is -4.46. The molecule has 0 spiro atoms. The topological polar surface area (TPSA) is 48.5 Å². The largest absolute Gasteiger partial charge is 0.418 e. The lowest BCUT2D eigenvalue weighted by Gasteiger charge is -2.39. The summed E-state index contributed by atoms with van der Waals surface area (Å²) in [4.78, 5) is 20.0. The van der Waals surface area contributed by atoms with Crippen molar-refractivity contribution in [1.82, 2.24) is 15.2 Å². The third kappa shape index (κ3) is 4.55. The molecule has 0 unspecified atom stereocenters. The lowest BCUT2D eigenvalue weighted by Crippen LogP contribution is -2.51. The number of hydrogen-bond acceptors (Lipinski definition) is 4. The van der Waals surface area contributed by atoms with Crippen LogP contribution in [0.3, 0.4) is 0 Å². The van der Waals surface area contributed by atoms with Crippen LogP contribution in [0.15, 0.2) is 30.5 Å². The Balaban J connectivity index is 1.90. The van der Waals surface area contributed by atoms with Crippen molar-refractivity contribution in [2.24, 2.45) is 5.92 Å². The summed E-state index contributed by atoms with van der Waals surface area (Å²) in [6.45, 7) is 3.66. The minimum absolute atomic E-state index is 0.0427. The van der Waals surface area contributed by atoms with Gasteiger partial charge in [-0.1, -0.05) is 6.92 Å². The number of hydrogen-bond donors (Lipinski definition) is 1. The van der Waals surface area contributed by atoms with Gasteiger partial charge in [0, 0.05) is 36.4 Å². The van der Waals surface area contributed by atoms with Gasteiger partial charge in [-0.3, -0.25) is 9.78 Å². The molecule has 2 atom stereocenters. The molecule has 1 aliphatic heterocycles. The third-order valence-corrected chi connectivity index (χ3v) is 4.88. The van der Waals surface area contributed by atoms with Gasteiger partial charge in [0.1, 0.15) is 0 Å². The molecule has 1 amide bonds. The van der Waals surface area contributed by atoms with Crippen molar-refractivity contribution in [2.75, 3.05) is 38.6 Å². The van der Waals surface area contributed by atoms with E-state index in [1.54, 1.807) is 17.0 Å². The van der Waals surface area contributed by atoms with Crippen LogP contribution in [-0.4, -0.2) is 55.6 Å². The van der Waals surface area contributed by atoms with E-state index in [1.165, 1.54) is 12.3 Å². The first kappa shape index (κ1) is 20.4. The fraction of sp³-hybridized carbons (Fsp3) is 0.500. The molecule has 5 nitrogen and oxygen atoms in total. The Bertz CT molecular complexity index is 853. The Morgan fingerprint density at radius 1 is 1.29 bits per heavy atom. The summed E-state index contributed by atoms with van der Waals surface area (Å²) >= 11 is 0. The summed E-state index contributed by atoms with van der Waals surface area (Å²) in [5, 5.41) is 3.52. The molecule has 152 valence electrons. The van der Waals surface area contributed by atoms with Crippen LogP contribution in [-0.2, 0) is 11.0 Å². The Hall–Kier alpha value is -2.35. The molecule has 3 rings (SSSR count). The molecule has 8 heteroatoms. The smallest absolute Gasteiger partial charge is 0.369 e. The van der Waals surface area contributed by atoms with Crippen molar-refractivity contribution in [3.8, 4) is 0 Å². The molecule has 0 saturated carbocycles. The summed E-state index contributed by atoms with van der Waals surface area (Å²) in [5.41, 5.74) is -0.0545. The number of nitrogens with one attached hydrogen (secondary N) is 1. The summed E-state index contributed by atoms with van der Waals surface area (Å²) in [5.74, 6) is 0.246. The van der Waals surface area contributed by atoms with Crippen LogP contribution < -0.4 is 10.2 Å². The van der Waals surface area contributed by atoms with Crippen molar-refractivity contribution in [3.05, 3.63) is 36.0 Å². The molecule has 0 radical (unpaired) electrons. The van der Waals surface area contributed by atoms with Gasteiger partial charge >= 0.3 is 6.18 Å². The van der Waals surface area contributed by atoms with E-state index in [2.05, 4.69) is 22.1 Å². The van der Waals surface area contributed by atoms with Crippen molar-refractivity contribution >= 4 is 22.5 Å². The van der Waals surface area contributed by atoms with Crippen LogP contribution in [0.25, 0.3) is 10.9 Å². The molecule has 1 aromatic heterocycles. The lowest BCUT2D eigenvalue weighted by molar-refractivity contribution is -0.136. The van der Waals surface area contributed by atoms with Gasteiger partial charge in [0.15, 0.2) is 0 Å². The number of pyridine rings is 1. The predicted octanol–water partition coefficient (Wildman–Crippen LogP) is 3.15. The number of rotatable bonds is 4. The lowest BCUT2D eigenvalue weighted by atomic mass is 9.94. The zero-order valence-corrected chi connectivity index (χ0v) is 16.3. The average molecular weight is 394 g/mol. The van der Waals surface area contributed by atoms with Gasteiger partial charge in [0.05, 0.1) is 17.6 Å². The highest BCUT2D eigenvalue weighted by atomic mass is 19.4. The van der Waals surface area contributed by atoms with Crippen molar-refractivity contribution in [1.29, 1.82) is 0 Å². The van der Waals surface area contributed by atoms with Gasteiger partial charge in [-0.15, -0.1) is 0 Å². The number of fused-ring (bicyclic) bond motifs is 1. The number of halogens is 3. The summed E-state index contributed by atoms with van der Waals surface area (Å²) < 4.78 is 40.1. The van der Waals surface area contributed by atoms with Crippen LogP contribution >= 0.6 is 0 Å². The Morgan fingerprint density at radius 2 is 2.04 bits per heavy atom. The van der Waals surface area contributed by atoms with Gasteiger partial charge in [0.2, 0.25) is 5.91 Å². The van der Waals surface area contributed by atoms with Gasteiger partial charge in [-0.05, 0) is 50.7 Å². The van der Waals surface area contributed by atoms with E-state index in [0.717, 1.165) is 24.7 Å². The summed E-state index contributed by atoms with van der Waals surface area (Å²) in [7, 11) is 3.66. The molecule has 1 fully saturated rings. The Labute approximate surface area is 162 Å². The monoisotopic (exact) mass is 394 g/mol. The van der Waals surface area contributed by atoms with Gasteiger partial charge in [-0.25, -0.2) is 0 Å². The average Bonchev–Trinajstić information content (AvgIpc) is 2.58. The number of carbonyl (C=O) groups is 1. The number of carbonyl (C=O) groups excluding carboxylic acids is 1. The summed E-state index contributed by atoms with van der Waals surface area (Å²) in [6.07, 6.45) is -2.24. The number of amides is 1. The van der Waals surface area contributed by atoms with E-state index < -0.39 is 11.7 Å². The zero-order valence-electron chi connectivity index (χ0n) is 16.3. The zero-order chi connectivity index (χ0) is 20.5. The van der Waals surface area contributed by atoms with E-state index in [1.807, 2.05) is 14.1 Å². The highest BCUT2D eigenvalue weighted by molar-refractivity contribution is 5.94. The standard InChI is InChI=1S/C20H25F3N4O/c1-13-9-14(25-18(28)12-26(2)3)11-27(10-13)17-7-6-16(20(21,22)23)19-15(17)5-4-8-24-19/h4-8,13-14H,9-12H2,1-3H3,(H,25,28)/t13-,14+/m0/s1. The fourth-order valence-corrected chi connectivity index (χ4v) is 3.88. The van der Waals surface area contributed by atoms with Gasteiger partial charge < -0.3 is 15.1 Å². The first-order valence-electron chi connectivity index (χ1n) is 9.29. The maximum atomic E-state index is 13.4. The second-order valence-corrected chi connectivity index (χ2v) is 7.78. The molecule has 1 saturated heterocycles. The second-order valence-electron chi connectivity index (χ2n) is 7.78. The third-order valence-electron chi connectivity index (χ3n) is 4.88. The van der Waals surface area contributed by atoms with E-state index in [0.29, 0.717) is 24.4 Å². The van der Waals surface area contributed by atoms with Crippen LogP contribution in [0.2, 0.25) is 0 Å². The molecule has 1 N–H and O–H groups in total. The molecule has 28 heavy (non-hydrogen) atoms. The number of anilines is 1. The maximum absolute atomic E-state index is 13.4. The molecular weight excluding hydrogens is 369 g/mol. The van der Waals surface area contributed by atoms with Crippen molar-refractivity contribution in [3.63, 3.8) is 0 Å². The van der Waals surface area contributed by atoms with E-state index in [9.17, 15) is 18.0 Å². The van der Waals surface area contributed by atoms with Crippen LogP contribution in [0, 0.1) is 5.92 Å². The number of alkyl halides is 3. The molecule has 1 aromatic carbocycles. The number of benzene rings is 1. The van der Waals surface area contributed by atoms with E-state index >= 15 is 0 Å². The SMILES string of the molecule is C[C@H]1C[C@@H](NC(=O)CN(C)C)CN(c2ccc(C(F)(F)F)c3ncccc23)C1. The molecule has 1 aliphatic rings. The highest BCUT2D eigenvalue weighted by Gasteiger charge is 2.34. The highest BCUT2D eigenvalue weighted by Crippen LogP contribution is 2.38. The van der Waals surface area contributed by atoms with Crippen LogP contribution in [0.1, 0.15) is 18.9 Å². The minimum Gasteiger partial charge on any atom is -0.369 e. The molecule has 0 bridgehead atoms. The molecular formula is C20H25F3N4O. The number of aromatic nitrogens is 1. The number of piperidine rings is 1. The fourth-order valence-electron chi connectivity index (χ4n) is 3.88. The molecule has 2 heterocycles. The maximum Gasteiger partial charge on any atom is 0.418 e. The summed E-state index contributed by atoms with van der Waals surface area (Å²) in [6, 6.07) is 5.89. The second kappa shape index (κ2) is 7.95. The van der Waals surface area contributed by atoms with Crippen LogP contribution in [0.4, 0.5) is 18.9 Å². The van der Waals surface area contributed by atoms with E-state index in [4.69, 9.17) is 0 Å².